The minimum atomic E-state index is -4.92. The minimum absolute atomic E-state index is 0. The molecule has 16 nitrogen and oxygen atoms in total. The summed E-state index contributed by atoms with van der Waals surface area (Å²) in [5, 5.41) is 5.03. The monoisotopic (exact) mass is 1100 g/mol. The Morgan fingerprint density at radius 3 is 1.43 bits per heavy atom. The number of hydrogen-bond donors (Lipinski definition) is 2. The van der Waals surface area contributed by atoms with E-state index in [1.54, 1.807) is 24.3 Å². The Labute approximate surface area is 479 Å². The van der Waals surface area contributed by atoms with E-state index in [1.807, 2.05) is 0 Å². The smallest absolute Gasteiger partial charge is 0.756 e. The molecule has 1 aliphatic heterocycles. The van der Waals surface area contributed by atoms with E-state index in [0.717, 1.165) is 49.0 Å². The molecule has 0 bridgehead atoms. The van der Waals surface area contributed by atoms with E-state index in [-0.39, 0.29) is 81.0 Å². The van der Waals surface area contributed by atoms with Crippen molar-refractivity contribution < 1.29 is 91.0 Å². The number of rotatable bonds is 50. The number of anilines is 1. The summed E-state index contributed by atoms with van der Waals surface area (Å²) in [7, 11) is -4.92. The number of nitrogens with zero attached hydrogens (tertiary/aromatic N) is 1. The first kappa shape index (κ1) is 70.9. The zero-order valence-electron chi connectivity index (χ0n) is 47.2. The van der Waals surface area contributed by atoms with Crippen LogP contribution >= 0.6 is 7.82 Å². The standard InChI is InChI=1S/C58H98N3O13P.Na/c1-3-5-7-9-11-13-15-17-19-21-23-25-27-29-31-36-56(65)71-48-52(74-57(66)37-32-30-28-26-24-22-20-18-16-14-12-10-8-6-4-2)49-73-75(68,69)72-47-45-60-58(67)70-46-44-59-53(62)35-33-34-50-38-40-51(41-39-50)61-54(63)42-43-55(61)64;/h38-43,52H,3-37,44-49H2,1-2H3,(H,59,62)(H,60,67)(H,68,69);/q;+1/p-1/t52-;/m1./s1. The van der Waals surface area contributed by atoms with Gasteiger partial charge in [0.05, 0.1) is 25.4 Å². The number of hydrogen-bond acceptors (Lipinski definition) is 13. The van der Waals surface area contributed by atoms with Crippen LogP contribution in [0.3, 0.4) is 0 Å². The van der Waals surface area contributed by atoms with Crippen molar-refractivity contribution in [1.29, 1.82) is 0 Å². The SMILES string of the molecule is CCCCCCCCCCCCCCCCCC(=O)OC[C@H](COP(=O)([O-])OCCNC(=O)OCCNC(=O)CCCc1ccc(N2C(=O)C=CC2=O)cc1)OC(=O)CCCCCCCCCCCCCCCCC.[Na+]. The molecule has 1 aliphatic rings. The molecule has 0 spiro atoms. The Hall–Kier alpha value is -3.11. The van der Waals surface area contributed by atoms with E-state index < -0.39 is 57.0 Å². The number of carbonyl (C=O) groups is 6. The molecular weight excluding hydrogens is 1000 g/mol. The summed E-state index contributed by atoms with van der Waals surface area (Å²) >= 11 is 0. The van der Waals surface area contributed by atoms with Crippen LogP contribution < -0.4 is 50.0 Å². The molecule has 0 saturated heterocycles. The topological polar surface area (TPSA) is 216 Å². The Morgan fingerprint density at radius 2 is 0.961 bits per heavy atom. The number of unbranched alkanes of at least 4 members (excludes halogenated alkanes) is 28. The van der Waals surface area contributed by atoms with E-state index in [4.69, 9.17) is 23.3 Å². The number of amides is 4. The number of esters is 2. The maximum absolute atomic E-state index is 12.8. The van der Waals surface area contributed by atoms with Crippen molar-refractivity contribution in [2.24, 2.45) is 0 Å². The minimum Gasteiger partial charge on any atom is -0.756 e. The van der Waals surface area contributed by atoms with Crippen molar-refractivity contribution in [1.82, 2.24) is 10.6 Å². The third-order valence-electron chi connectivity index (χ3n) is 13.3. The largest absolute Gasteiger partial charge is 1.00 e. The van der Waals surface area contributed by atoms with Crippen LogP contribution in [0.15, 0.2) is 36.4 Å². The molecule has 0 saturated carbocycles. The van der Waals surface area contributed by atoms with Gasteiger partial charge in [0.15, 0.2) is 6.10 Å². The van der Waals surface area contributed by atoms with Gasteiger partial charge in [0.2, 0.25) is 5.91 Å². The number of ether oxygens (including phenoxy) is 3. The maximum Gasteiger partial charge on any atom is 1.00 e. The van der Waals surface area contributed by atoms with Gasteiger partial charge in [0.25, 0.3) is 19.6 Å². The first-order valence-corrected chi connectivity index (χ1v) is 30.7. The second-order valence-corrected chi connectivity index (χ2v) is 21.5. The Bertz CT molecular complexity index is 1770. The molecule has 2 atom stereocenters. The first-order chi connectivity index (χ1) is 36.4. The number of alkyl carbamates (subject to hydrolysis) is 1. The molecule has 1 aromatic carbocycles. The molecule has 76 heavy (non-hydrogen) atoms. The summed E-state index contributed by atoms with van der Waals surface area (Å²) in [4.78, 5) is 87.4. The molecule has 2 rings (SSSR count). The zero-order chi connectivity index (χ0) is 54.5. The molecule has 4 amide bonds. The van der Waals surface area contributed by atoms with E-state index >= 15 is 0 Å². The van der Waals surface area contributed by atoms with Gasteiger partial charge in [-0.25, -0.2) is 9.69 Å². The maximum atomic E-state index is 12.8. The van der Waals surface area contributed by atoms with Crippen LogP contribution in [0.2, 0.25) is 0 Å². The van der Waals surface area contributed by atoms with E-state index in [2.05, 4.69) is 24.5 Å². The number of phosphoric acid groups is 1. The average molecular weight is 1100 g/mol. The average Bonchev–Trinajstić information content (AvgIpc) is 3.73. The second-order valence-electron chi connectivity index (χ2n) is 20.0. The fourth-order valence-corrected chi connectivity index (χ4v) is 9.55. The number of phosphoric ester groups is 1. The van der Waals surface area contributed by atoms with Gasteiger partial charge in [0, 0.05) is 38.0 Å². The van der Waals surface area contributed by atoms with Crippen molar-refractivity contribution in [3.8, 4) is 0 Å². The Balaban J connectivity index is 0.0000289. The summed E-state index contributed by atoms with van der Waals surface area (Å²) in [6.07, 6.45) is 38.3. The molecule has 1 unspecified atom stereocenters. The van der Waals surface area contributed by atoms with Crippen LogP contribution in [0.25, 0.3) is 0 Å². The molecule has 1 heterocycles. The van der Waals surface area contributed by atoms with Crippen molar-refractivity contribution in [3.63, 3.8) is 0 Å². The molecule has 18 heteroatoms. The van der Waals surface area contributed by atoms with Crippen LogP contribution in [0.1, 0.15) is 238 Å². The molecule has 0 aliphatic carbocycles. The fourth-order valence-electron chi connectivity index (χ4n) is 8.82. The molecule has 0 radical (unpaired) electrons. The van der Waals surface area contributed by atoms with Crippen LogP contribution in [0, 0.1) is 0 Å². The van der Waals surface area contributed by atoms with Gasteiger partial charge in [0.1, 0.15) is 13.2 Å². The third-order valence-corrected chi connectivity index (χ3v) is 14.2. The number of carbonyl (C=O) groups excluding carboxylic acids is 6. The van der Waals surface area contributed by atoms with Gasteiger partial charge in [-0.15, -0.1) is 0 Å². The van der Waals surface area contributed by atoms with E-state index in [9.17, 15) is 38.2 Å². The first-order valence-electron chi connectivity index (χ1n) is 29.2. The molecule has 0 aromatic heterocycles. The van der Waals surface area contributed by atoms with Gasteiger partial charge in [-0.1, -0.05) is 206 Å². The number of aryl methyl sites for hydroxylation is 1. The molecule has 428 valence electrons. The fraction of sp³-hybridized carbons (Fsp3) is 0.759. The van der Waals surface area contributed by atoms with Crippen LogP contribution in [-0.4, -0.2) is 81.4 Å². The van der Waals surface area contributed by atoms with Crippen LogP contribution in [0.4, 0.5) is 10.5 Å². The predicted molar refractivity (Wildman–Crippen MR) is 293 cm³/mol. The molecule has 2 N–H and O–H groups in total. The summed E-state index contributed by atoms with van der Waals surface area (Å²) in [5.74, 6) is -2.01. The van der Waals surface area contributed by atoms with Crippen LogP contribution in [0.5, 0.6) is 0 Å². The summed E-state index contributed by atoms with van der Waals surface area (Å²) < 4.78 is 38.6. The predicted octanol–water partition coefficient (Wildman–Crippen LogP) is 9.76. The van der Waals surface area contributed by atoms with Crippen LogP contribution in [-0.2, 0) is 58.2 Å². The summed E-state index contributed by atoms with van der Waals surface area (Å²) in [6.45, 7) is 2.73. The number of imide groups is 1. The third kappa shape index (κ3) is 39.3. The van der Waals surface area contributed by atoms with Gasteiger partial charge in [-0.3, -0.25) is 28.5 Å². The van der Waals surface area contributed by atoms with Crippen molar-refractivity contribution in [2.75, 3.05) is 44.4 Å². The summed E-state index contributed by atoms with van der Waals surface area (Å²) in [5.41, 5.74) is 1.41. The zero-order valence-corrected chi connectivity index (χ0v) is 50.1. The van der Waals surface area contributed by atoms with Gasteiger partial charge >= 0.3 is 47.6 Å². The summed E-state index contributed by atoms with van der Waals surface area (Å²) in [6, 6.07) is 6.96. The van der Waals surface area contributed by atoms with E-state index in [0.29, 0.717) is 31.4 Å². The molecular formula is C58H97N3NaO13P. The van der Waals surface area contributed by atoms with Gasteiger partial charge < -0.3 is 38.8 Å². The van der Waals surface area contributed by atoms with Gasteiger partial charge in [-0.05, 0) is 43.4 Å². The Morgan fingerprint density at radius 1 is 0.526 bits per heavy atom. The second kappa shape index (κ2) is 47.9. The number of nitrogens with one attached hydrogen (secondary N) is 2. The van der Waals surface area contributed by atoms with E-state index in [1.165, 1.54) is 153 Å². The van der Waals surface area contributed by atoms with Crippen molar-refractivity contribution in [3.05, 3.63) is 42.0 Å². The quantitative estimate of drug-likeness (QED) is 0.0155. The normalized spacial score (nSPS) is 13.3. The molecule has 1 aromatic rings. The number of benzene rings is 1. The molecule has 0 fully saturated rings. The van der Waals surface area contributed by atoms with Gasteiger partial charge in [-0.2, -0.15) is 0 Å². The van der Waals surface area contributed by atoms with Crippen molar-refractivity contribution in [2.45, 2.75) is 245 Å². The van der Waals surface area contributed by atoms with Crippen molar-refractivity contribution >= 4 is 49.3 Å². The Kier molecular flexibility index (Phi) is 44.6.